The molecule has 216 valence electrons. The first-order valence-corrected chi connectivity index (χ1v) is 14.6. The molecule has 11 nitrogen and oxygen atoms in total. The average Bonchev–Trinajstić information content (AvgIpc) is 3.48. The van der Waals surface area contributed by atoms with Crippen LogP contribution in [0.1, 0.15) is 11.1 Å². The molecule has 1 aliphatic rings. The first-order valence-electron chi connectivity index (χ1n) is 13.1. The summed E-state index contributed by atoms with van der Waals surface area (Å²) in [4.78, 5) is 36.2. The lowest BCUT2D eigenvalue weighted by molar-refractivity contribution is -0.120. The molecule has 2 heterocycles. The number of sulfonamides is 1. The van der Waals surface area contributed by atoms with Gasteiger partial charge in [-0.2, -0.15) is 0 Å². The predicted octanol–water partition coefficient (Wildman–Crippen LogP) is 3.35. The average molecular weight is 588 g/mol. The number of rotatable bonds is 9. The van der Waals surface area contributed by atoms with E-state index in [0.29, 0.717) is 17.9 Å². The normalized spacial score (nSPS) is 12.9. The fourth-order valence-corrected chi connectivity index (χ4v) is 5.80. The van der Waals surface area contributed by atoms with Crippen LogP contribution in [0.15, 0.2) is 90.1 Å². The van der Waals surface area contributed by atoms with Gasteiger partial charge in [-0.25, -0.2) is 27.9 Å². The second-order valence-electron chi connectivity index (χ2n) is 9.56. The number of urea groups is 1. The number of fused-ring (bicyclic) bond motifs is 1. The van der Waals surface area contributed by atoms with Crippen molar-refractivity contribution >= 4 is 27.6 Å². The van der Waals surface area contributed by atoms with Gasteiger partial charge in [-0.1, -0.05) is 48.5 Å². The van der Waals surface area contributed by atoms with Crippen LogP contribution in [0.2, 0.25) is 0 Å². The van der Waals surface area contributed by atoms with Gasteiger partial charge in [0.2, 0.25) is 5.91 Å². The maximum absolute atomic E-state index is 13.7. The van der Waals surface area contributed by atoms with Crippen molar-refractivity contribution in [3.05, 3.63) is 96.3 Å². The summed E-state index contributed by atoms with van der Waals surface area (Å²) in [5.74, 6) is 0.366. The van der Waals surface area contributed by atoms with Crippen molar-refractivity contribution in [1.29, 1.82) is 0 Å². The molecule has 3 aromatic carbocycles. The fourth-order valence-electron chi connectivity index (χ4n) is 4.66. The molecule has 0 aliphatic carbocycles. The molecule has 0 fully saturated rings. The summed E-state index contributed by atoms with van der Waals surface area (Å²) >= 11 is 0. The largest absolute Gasteiger partial charge is 0.493 e. The minimum atomic E-state index is -4.37. The van der Waals surface area contributed by atoms with Crippen molar-refractivity contribution in [3.8, 4) is 22.9 Å². The minimum absolute atomic E-state index is 0.129. The number of hydrogen-bond donors (Lipinski definition) is 2. The van der Waals surface area contributed by atoms with Crippen molar-refractivity contribution in [1.82, 2.24) is 20.0 Å². The Bertz CT molecular complexity index is 1700. The Morgan fingerprint density at radius 1 is 1.02 bits per heavy atom. The highest BCUT2D eigenvalue weighted by Crippen LogP contribution is 2.30. The third kappa shape index (κ3) is 6.33. The summed E-state index contributed by atoms with van der Waals surface area (Å²) in [6.45, 7) is 0.581. The summed E-state index contributed by atoms with van der Waals surface area (Å²) in [6, 6.07) is 18.8. The Kier molecular flexibility index (Phi) is 8.34. The van der Waals surface area contributed by atoms with E-state index in [9.17, 15) is 18.0 Å². The molecule has 2 N–H and O–H groups in total. The fraction of sp³-hybridized carbons (Fsp3) is 0.200. The van der Waals surface area contributed by atoms with Gasteiger partial charge in [0.05, 0.1) is 18.6 Å². The van der Waals surface area contributed by atoms with Gasteiger partial charge in [0.15, 0.2) is 0 Å². The minimum Gasteiger partial charge on any atom is -0.493 e. The zero-order chi connectivity index (χ0) is 29.7. The first kappa shape index (κ1) is 28.6. The highest BCUT2D eigenvalue weighted by atomic mass is 32.2. The summed E-state index contributed by atoms with van der Waals surface area (Å²) in [5.41, 5.74) is 3.12. The van der Waals surface area contributed by atoms with Gasteiger partial charge in [0.25, 0.3) is 10.0 Å². The predicted molar refractivity (Wildman–Crippen MR) is 156 cm³/mol. The lowest BCUT2D eigenvalue weighted by atomic mass is 10.0. The number of benzene rings is 3. The van der Waals surface area contributed by atoms with E-state index < -0.39 is 28.0 Å². The molecule has 12 heteroatoms. The van der Waals surface area contributed by atoms with Crippen LogP contribution in [-0.2, 0) is 27.7 Å². The SMILES string of the molecule is COc1ncc(-c2ccccc2S(=O)(=O)NC(=O)N[C@@H](Cc2ccccc2)C(=O)N(C)c2ccc3c(c2)CCO3)cn1. The van der Waals surface area contributed by atoms with Crippen LogP contribution in [-0.4, -0.2) is 57.1 Å². The molecule has 1 aliphatic heterocycles. The van der Waals surface area contributed by atoms with Gasteiger partial charge in [-0.15, -0.1) is 0 Å². The number of carbonyl (C=O) groups excluding carboxylic acids is 2. The topological polar surface area (TPSA) is 140 Å². The van der Waals surface area contributed by atoms with Crippen LogP contribution in [0, 0.1) is 0 Å². The zero-order valence-electron chi connectivity index (χ0n) is 23.0. The number of aromatic nitrogens is 2. The summed E-state index contributed by atoms with van der Waals surface area (Å²) in [6.07, 6.45) is 3.73. The highest BCUT2D eigenvalue weighted by molar-refractivity contribution is 7.90. The Morgan fingerprint density at radius 3 is 2.48 bits per heavy atom. The maximum atomic E-state index is 13.7. The third-order valence-corrected chi connectivity index (χ3v) is 8.19. The lowest BCUT2D eigenvalue weighted by Crippen LogP contribution is -2.52. The van der Waals surface area contributed by atoms with E-state index in [-0.39, 0.29) is 22.9 Å². The quantitative estimate of drug-likeness (QED) is 0.304. The molecule has 5 rings (SSSR count). The monoisotopic (exact) mass is 587 g/mol. The number of hydrogen-bond acceptors (Lipinski definition) is 8. The van der Waals surface area contributed by atoms with Crippen LogP contribution in [0.25, 0.3) is 11.1 Å². The third-order valence-electron chi connectivity index (χ3n) is 6.80. The van der Waals surface area contributed by atoms with Crippen LogP contribution < -0.4 is 24.4 Å². The van der Waals surface area contributed by atoms with Gasteiger partial charge in [0.1, 0.15) is 11.8 Å². The summed E-state index contributed by atoms with van der Waals surface area (Å²) in [7, 11) is -1.33. The van der Waals surface area contributed by atoms with E-state index in [0.717, 1.165) is 23.3 Å². The maximum Gasteiger partial charge on any atom is 0.329 e. The van der Waals surface area contributed by atoms with Crippen molar-refractivity contribution in [2.45, 2.75) is 23.8 Å². The van der Waals surface area contributed by atoms with Gasteiger partial charge in [-0.3, -0.25) is 4.79 Å². The Hall–Kier alpha value is -4.97. The van der Waals surface area contributed by atoms with Crippen molar-refractivity contribution in [2.24, 2.45) is 0 Å². The molecule has 0 unspecified atom stereocenters. The molecule has 0 saturated carbocycles. The van der Waals surface area contributed by atoms with E-state index in [4.69, 9.17) is 9.47 Å². The molecular formula is C30H29N5O6S. The number of nitrogens with zero attached hydrogens (tertiary/aromatic N) is 3. The van der Waals surface area contributed by atoms with Crippen LogP contribution in [0.4, 0.5) is 10.5 Å². The number of likely N-dealkylation sites (N-methyl/N-ethyl adjacent to an activating group) is 1. The standard InChI is InChI=1S/C30H29N5O6S/c1-35(23-12-13-26-21(17-23)14-15-41-26)28(36)25(16-20-8-4-3-5-9-20)33-29(37)34-42(38,39)27-11-7-6-10-24(27)22-18-31-30(40-2)32-19-22/h3-13,17-19,25H,14-16H2,1-2H3,(H2,33,34,37)/t25-/m0/s1. The first-order chi connectivity index (χ1) is 20.2. The molecule has 0 saturated heterocycles. The number of ether oxygens (including phenoxy) is 2. The molecule has 1 aromatic heterocycles. The number of anilines is 1. The van der Waals surface area contributed by atoms with Gasteiger partial charge >= 0.3 is 12.0 Å². The van der Waals surface area contributed by atoms with E-state index in [1.54, 1.807) is 31.3 Å². The Labute approximate surface area is 243 Å². The molecule has 1 atom stereocenters. The van der Waals surface area contributed by atoms with E-state index >= 15 is 0 Å². The van der Waals surface area contributed by atoms with Crippen molar-refractivity contribution < 1.29 is 27.5 Å². The molecule has 42 heavy (non-hydrogen) atoms. The van der Waals surface area contributed by atoms with Crippen molar-refractivity contribution in [3.63, 3.8) is 0 Å². The van der Waals surface area contributed by atoms with Crippen LogP contribution in [0.3, 0.4) is 0 Å². The summed E-state index contributed by atoms with van der Waals surface area (Å²) in [5, 5.41) is 2.58. The summed E-state index contributed by atoms with van der Waals surface area (Å²) < 4.78 is 39.4. The molecule has 3 amide bonds. The van der Waals surface area contributed by atoms with E-state index in [2.05, 4.69) is 20.0 Å². The smallest absolute Gasteiger partial charge is 0.329 e. The van der Waals surface area contributed by atoms with E-state index in [1.807, 2.05) is 42.5 Å². The zero-order valence-corrected chi connectivity index (χ0v) is 23.8. The lowest BCUT2D eigenvalue weighted by Gasteiger charge is -2.25. The second-order valence-corrected chi connectivity index (χ2v) is 11.2. The van der Waals surface area contributed by atoms with Crippen LogP contribution in [0.5, 0.6) is 11.8 Å². The van der Waals surface area contributed by atoms with Gasteiger partial charge in [-0.05, 0) is 35.4 Å². The molecule has 0 spiro atoms. The van der Waals surface area contributed by atoms with Crippen LogP contribution >= 0.6 is 0 Å². The molecule has 0 radical (unpaired) electrons. The van der Waals surface area contributed by atoms with Gasteiger partial charge < -0.3 is 19.7 Å². The Balaban J connectivity index is 1.37. The highest BCUT2D eigenvalue weighted by Gasteiger charge is 2.29. The number of nitrogens with one attached hydrogen (secondary N) is 2. The van der Waals surface area contributed by atoms with E-state index in [1.165, 1.54) is 30.5 Å². The number of methoxy groups -OCH3 is 1. The molecule has 4 aromatic rings. The van der Waals surface area contributed by atoms with Gasteiger partial charge in [0, 0.05) is 49.1 Å². The molecule has 0 bridgehead atoms. The Morgan fingerprint density at radius 2 is 1.74 bits per heavy atom. The van der Waals surface area contributed by atoms with Crippen molar-refractivity contribution in [2.75, 3.05) is 25.7 Å². The number of carbonyl (C=O) groups is 2. The second kappa shape index (κ2) is 12.3. The molecular weight excluding hydrogens is 558 g/mol. The number of amides is 3.